The molecule has 0 aliphatic carbocycles. The van der Waals surface area contributed by atoms with Gasteiger partial charge in [-0.25, -0.2) is 9.66 Å². The molecule has 4 rings (SSSR count). The highest BCUT2D eigenvalue weighted by molar-refractivity contribution is 5.81. The summed E-state index contributed by atoms with van der Waals surface area (Å²) < 4.78 is 1.43. The Morgan fingerprint density at radius 1 is 1.03 bits per heavy atom. The lowest BCUT2D eigenvalue weighted by Crippen LogP contribution is -2.34. The third-order valence-electron chi connectivity index (χ3n) is 5.96. The fourth-order valence-corrected chi connectivity index (χ4v) is 4.05. The number of carbonyl (C=O) groups excluding carboxylic acids is 1. The first-order chi connectivity index (χ1) is 16.3. The number of nitrogen functional groups attached to an aromatic ring is 1. The molecule has 0 fully saturated rings. The molecule has 0 bridgehead atoms. The molecule has 4 N–H and O–H groups in total. The van der Waals surface area contributed by atoms with E-state index in [0.29, 0.717) is 24.5 Å². The molecule has 1 aromatic carbocycles. The minimum absolute atomic E-state index is 0.0104. The average molecular weight is 457 g/mol. The Hall–Kier alpha value is -4.20. The Morgan fingerprint density at radius 3 is 2.62 bits per heavy atom. The number of benzene rings is 1. The second-order valence-electron chi connectivity index (χ2n) is 8.36. The summed E-state index contributed by atoms with van der Waals surface area (Å²) in [7, 11) is 0. The Kier molecular flexibility index (Phi) is 6.58. The van der Waals surface area contributed by atoms with Crippen molar-refractivity contribution in [1.29, 1.82) is 0 Å². The van der Waals surface area contributed by atoms with Crippen molar-refractivity contribution < 1.29 is 4.79 Å². The van der Waals surface area contributed by atoms with Crippen molar-refractivity contribution in [2.45, 2.75) is 40.3 Å². The number of nitrogens with two attached hydrogens (primary N) is 1. The molecule has 174 valence electrons. The summed E-state index contributed by atoms with van der Waals surface area (Å²) >= 11 is 0. The average Bonchev–Trinajstić information content (AvgIpc) is 2.80. The molecule has 34 heavy (non-hydrogen) atoms. The van der Waals surface area contributed by atoms with Crippen molar-refractivity contribution in [3.8, 4) is 0 Å². The first kappa shape index (κ1) is 23.0. The van der Waals surface area contributed by atoms with Gasteiger partial charge in [0.15, 0.2) is 0 Å². The molecule has 4 aromatic rings. The molecule has 8 nitrogen and oxygen atoms in total. The number of aromatic nitrogens is 3. The summed E-state index contributed by atoms with van der Waals surface area (Å²) in [6.07, 6.45) is 3.43. The molecule has 0 spiro atoms. The maximum Gasteiger partial charge on any atom is 0.272 e. The van der Waals surface area contributed by atoms with Gasteiger partial charge in [-0.2, -0.15) is 0 Å². The van der Waals surface area contributed by atoms with Gasteiger partial charge in [-0.3, -0.25) is 14.6 Å². The predicted molar refractivity (Wildman–Crippen MR) is 134 cm³/mol. The van der Waals surface area contributed by atoms with Crippen LogP contribution in [0.1, 0.15) is 33.5 Å². The van der Waals surface area contributed by atoms with Crippen molar-refractivity contribution in [2.75, 3.05) is 11.2 Å². The van der Waals surface area contributed by atoms with E-state index >= 15 is 0 Å². The zero-order chi connectivity index (χ0) is 24.2. The standard InChI is InChI=1S/C26H28N6O2/c1-16-9-11-32(30-14-20-7-4-6-19-8-5-10-28-25(19)20)26(34)21(16)13-24(33)29-15-22-17(2)12-23(27)31-18(22)3/h4-12,30H,13-15H2,1-3H3,(H2,27,31)(H,29,33). The van der Waals surface area contributed by atoms with Crippen LogP contribution < -0.4 is 22.0 Å². The van der Waals surface area contributed by atoms with E-state index in [9.17, 15) is 9.59 Å². The van der Waals surface area contributed by atoms with Crippen molar-refractivity contribution >= 4 is 22.6 Å². The van der Waals surface area contributed by atoms with Gasteiger partial charge in [-0.15, -0.1) is 0 Å². The highest BCUT2D eigenvalue weighted by atomic mass is 16.2. The number of aryl methyl sites for hydroxylation is 3. The summed E-state index contributed by atoms with van der Waals surface area (Å²) in [5.41, 5.74) is 14.4. The lowest BCUT2D eigenvalue weighted by atomic mass is 10.1. The maximum atomic E-state index is 13.1. The lowest BCUT2D eigenvalue weighted by molar-refractivity contribution is -0.120. The second-order valence-corrected chi connectivity index (χ2v) is 8.36. The van der Waals surface area contributed by atoms with Crippen LogP contribution in [-0.4, -0.2) is 20.6 Å². The van der Waals surface area contributed by atoms with Crippen LogP contribution in [0.5, 0.6) is 0 Å². The van der Waals surface area contributed by atoms with Crippen LogP contribution in [0.3, 0.4) is 0 Å². The number of nitrogens with one attached hydrogen (secondary N) is 2. The number of anilines is 1. The van der Waals surface area contributed by atoms with Gasteiger partial charge in [0.25, 0.3) is 5.56 Å². The smallest absolute Gasteiger partial charge is 0.272 e. The number of nitrogens with zero attached hydrogens (tertiary/aromatic N) is 3. The van der Waals surface area contributed by atoms with E-state index in [1.165, 1.54) is 4.68 Å². The summed E-state index contributed by atoms with van der Waals surface area (Å²) in [5, 5.41) is 3.94. The lowest BCUT2D eigenvalue weighted by Gasteiger charge is -2.14. The van der Waals surface area contributed by atoms with Gasteiger partial charge in [0.2, 0.25) is 5.91 Å². The number of carbonyl (C=O) groups is 1. The number of fused-ring (bicyclic) bond motifs is 1. The number of amides is 1. The normalized spacial score (nSPS) is 10.9. The number of pyridine rings is 3. The van der Waals surface area contributed by atoms with Gasteiger partial charge in [-0.05, 0) is 61.2 Å². The van der Waals surface area contributed by atoms with Gasteiger partial charge in [0, 0.05) is 35.6 Å². The van der Waals surface area contributed by atoms with Gasteiger partial charge in [-0.1, -0.05) is 24.3 Å². The van der Waals surface area contributed by atoms with Crippen LogP contribution in [0.4, 0.5) is 5.82 Å². The minimum Gasteiger partial charge on any atom is -0.384 e. The quantitative estimate of drug-likeness (QED) is 0.394. The molecular weight excluding hydrogens is 428 g/mol. The van der Waals surface area contributed by atoms with Gasteiger partial charge >= 0.3 is 0 Å². The van der Waals surface area contributed by atoms with E-state index in [4.69, 9.17) is 5.73 Å². The molecule has 0 aliphatic rings. The van der Waals surface area contributed by atoms with Crippen molar-refractivity contribution in [3.63, 3.8) is 0 Å². The number of hydrogen-bond acceptors (Lipinski definition) is 6. The number of rotatable bonds is 7. The van der Waals surface area contributed by atoms with Crippen LogP contribution in [0.2, 0.25) is 0 Å². The van der Waals surface area contributed by atoms with Crippen LogP contribution in [0, 0.1) is 20.8 Å². The summed E-state index contributed by atoms with van der Waals surface area (Å²) in [4.78, 5) is 34.5. The van der Waals surface area contributed by atoms with Crippen molar-refractivity contribution in [2.24, 2.45) is 0 Å². The summed E-state index contributed by atoms with van der Waals surface area (Å²) in [6.45, 7) is 6.38. The monoisotopic (exact) mass is 456 g/mol. The number of para-hydroxylation sites is 1. The van der Waals surface area contributed by atoms with E-state index in [2.05, 4.69) is 20.7 Å². The van der Waals surface area contributed by atoms with E-state index < -0.39 is 0 Å². The highest BCUT2D eigenvalue weighted by Gasteiger charge is 2.14. The Morgan fingerprint density at radius 2 is 1.82 bits per heavy atom. The SMILES string of the molecule is Cc1cc(N)nc(C)c1CNC(=O)Cc1c(C)ccn(NCc2cccc3cccnc23)c1=O. The van der Waals surface area contributed by atoms with Gasteiger partial charge in [0.05, 0.1) is 18.5 Å². The molecule has 0 saturated heterocycles. The van der Waals surface area contributed by atoms with E-state index in [1.54, 1.807) is 18.5 Å². The summed E-state index contributed by atoms with van der Waals surface area (Å²) in [6, 6.07) is 13.5. The molecule has 0 radical (unpaired) electrons. The van der Waals surface area contributed by atoms with E-state index in [0.717, 1.165) is 38.9 Å². The highest BCUT2D eigenvalue weighted by Crippen LogP contribution is 2.16. The molecule has 0 saturated carbocycles. The Balaban J connectivity index is 1.47. The Labute approximate surface area is 197 Å². The van der Waals surface area contributed by atoms with E-state index in [-0.39, 0.29) is 17.9 Å². The van der Waals surface area contributed by atoms with E-state index in [1.807, 2.05) is 57.2 Å². The molecule has 3 aromatic heterocycles. The number of hydrogen-bond donors (Lipinski definition) is 3. The van der Waals surface area contributed by atoms with Crippen LogP contribution >= 0.6 is 0 Å². The Bertz CT molecular complexity index is 1400. The zero-order valence-electron chi connectivity index (χ0n) is 19.6. The fraction of sp³-hybridized carbons (Fsp3) is 0.231. The van der Waals surface area contributed by atoms with Crippen LogP contribution in [0.25, 0.3) is 10.9 Å². The summed E-state index contributed by atoms with van der Waals surface area (Å²) in [5.74, 6) is 0.226. The first-order valence-electron chi connectivity index (χ1n) is 11.1. The van der Waals surface area contributed by atoms with Crippen LogP contribution in [0.15, 0.2) is 59.7 Å². The maximum absolute atomic E-state index is 13.1. The molecule has 0 unspecified atom stereocenters. The molecular formula is C26H28N6O2. The largest absolute Gasteiger partial charge is 0.384 e. The van der Waals surface area contributed by atoms with Gasteiger partial charge in [0.1, 0.15) is 5.82 Å². The molecule has 0 aliphatic heterocycles. The van der Waals surface area contributed by atoms with Crippen LogP contribution in [-0.2, 0) is 24.3 Å². The predicted octanol–water partition coefficient (Wildman–Crippen LogP) is 2.90. The molecule has 3 heterocycles. The second kappa shape index (κ2) is 9.74. The van der Waals surface area contributed by atoms with Crippen molar-refractivity contribution in [1.82, 2.24) is 20.0 Å². The zero-order valence-corrected chi connectivity index (χ0v) is 19.6. The molecule has 0 atom stereocenters. The minimum atomic E-state index is -0.246. The van der Waals surface area contributed by atoms with Crippen molar-refractivity contribution in [3.05, 3.63) is 98.7 Å². The molecule has 1 amide bonds. The molecule has 8 heteroatoms. The third kappa shape index (κ3) is 4.91. The fourth-order valence-electron chi connectivity index (χ4n) is 4.05. The first-order valence-corrected chi connectivity index (χ1v) is 11.1. The topological polar surface area (TPSA) is 115 Å². The van der Waals surface area contributed by atoms with Gasteiger partial charge < -0.3 is 16.5 Å². The third-order valence-corrected chi connectivity index (χ3v) is 5.96.